The molecule has 0 aromatic rings. The molecule has 0 unspecified atom stereocenters. The molecule has 84 valence electrons. The Bertz CT molecular complexity index is 198. The Balaban J connectivity index is 2.51. The van der Waals surface area contributed by atoms with E-state index in [1.54, 1.807) is 0 Å². The molecule has 1 fully saturated rings. The third kappa shape index (κ3) is 2.81. The van der Waals surface area contributed by atoms with Gasteiger partial charge in [-0.3, -0.25) is 0 Å². The van der Waals surface area contributed by atoms with Crippen LogP contribution < -0.4 is 0 Å². The van der Waals surface area contributed by atoms with Crippen LogP contribution in [-0.2, 0) is 4.43 Å². The lowest BCUT2D eigenvalue weighted by Crippen LogP contribution is -2.44. The first-order valence-electron chi connectivity index (χ1n) is 5.57. The first-order chi connectivity index (χ1) is 6.22. The van der Waals surface area contributed by atoms with E-state index in [0.29, 0.717) is 17.2 Å². The summed E-state index contributed by atoms with van der Waals surface area (Å²) in [6.07, 6.45) is 1.51. The van der Waals surface area contributed by atoms with Gasteiger partial charge in [0.25, 0.3) is 0 Å². The fourth-order valence-electron chi connectivity index (χ4n) is 1.51. The maximum absolute atomic E-state index is 6.28. The van der Waals surface area contributed by atoms with Crippen LogP contribution in [0.25, 0.3) is 5.32 Å². The van der Waals surface area contributed by atoms with Crippen LogP contribution in [0.4, 0.5) is 0 Å². The third-order valence-corrected chi connectivity index (χ3v) is 8.03. The molecule has 0 aromatic carbocycles. The Morgan fingerprint density at radius 2 is 1.86 bits per heavy atom. The predicted molar refractivity (Wildman–Crippen MR) is 64.4 cm³/mol. The van der Waals surface area contributed by atoms with Crippen LogP contribution in [0.1, 0.15) is 34.1 Å². The molecule has 2 atom stereocenters. The van der Waals surface area contributed by atoms with Crippen LogP contribution in [0, 0.1) is 0 Å². The second-order valence-corrected chi connectivity index (χ2v) is 10.7. The summed E-state index contributed by atoms with van der Waals surface area (Å²) in [6, 6.07) is 0.504. The molecule has 1 aliphatic rings. The highest BCUT2D eigenvalue weighted by Crippen LogP contribution is 2.38. The minimum absolute atomic E-state index is 0.318. The molecule has 3 heteroatoms. The minimum atomic E-state index is -1.56. The van der Waals surface area contributed by atoms with E-state index in [-0.39, 0.29) is 0 Å². The van der Waals surface area contributed by atoms with E-state index in [4.69, 9.17) is 4.43 Å². The maximum atomic E-state index is 6.28. The Morgan fingerprint density at radius 1 is 1.29 bits per heavy atom. The van der Waals surface area contributed by atoms with Crippen molar-refractivity contribution in [2.24, 2.45) is 0 Å². The molecule has 0 saturated carbocycles. The van der Waals surface area contributed by atoms with Gasteiger partial charge in [0.05, 0.1) is 0 Å². The van der Waals surface area contributed by atoms with Gasteiger partial charge in [0, 0.05) is 6.10 Å². The Hall–Kier alpha value is 0.137. The van der Waals surface area contributed by atoms with E-state index in [0.717, 1.165) is 13.0 Å². The van der Waals surface area contributed by atoms with Crippen LogP contribution in [0.15, 0.2) is 0 Å². The third-order valence-electron chi connectivity index (χ3n) is 3.49. The minimum Gasteiger partial charge on any atom is -0.658 e. The van der Waals surface area contributed by atoms with Crippen LogP contribution >= 0.6 is 0 Å². The second-order valence-electron chi connectivity index (χ2n) is 5.95. The van der Waals surface area contributed by atoms with Gasteiger partial charge in [-0.15, -0.1) is 12.6 Å². The SMILES string of the molecule is C[C@@H]1C[C@H](O[Si](C)(C)C(C)(C)C)C[N-]1. The second kappa shape index (κ2) is 3.95. The number of nitrogens with zero attached hydrogens (tertiary/aromatic N) is 1. The molecule has 14 heavy (non-hydrogen) atoms. The van der Waals surface area contributed by atoms with Crippen LogP contribution in [0.3, 0.4) is 0 Å². The first kappa shape index (κ1) is 12.2. The van der Waals surface area contributed by atoms with Crippen molar-refractivity contribution in [2.75, 3.05) is 6.54 Å². The van der Waals surface area contributed by atoms with Crippen molar-refractivity contribution in [3.63, 3.8) is 0 Å². The van der Waals surface area contributed by atoms with Gasteiger partial charge in [-0.1, -0.05) is 27.7 Å². The summed E-state index contributed by atoms with van der Waals surface area (Å²) in [6.45, 7) is 14.6. The van der Waals surface area contributed by atoms with Gasteiger partial charge in [-0.2, -0.15) is 0 Å². The molecule has 0 bridgehead atoms. The van der Waals surface area contributed by atoms with Gasteiger partial charge in [-0.25, -0.2) is 0 Å². The molecule has 1 aliphatic heterocycles. The number of hydrogen-bond acceptors (Lipinski definition) is 1. The molecule has 0 amide bonds. The van der Waals surface area contributed by atoms with Crippen molar-refractivity contribution >= 4 is 8.32 Å². The zero-order valence-electron chi connectivity index (χ0n) is 10.4. The standard InChI is InChI=1S/C11H24NOSi/c1-9-7-10(8-12-9)13-14(5,6)11(2,3)4/h9-10H,7-8H2,1-6H3/q-1/t9-,10+/m1/s1. The van der Waals surface area contributed by atoms with E-state index >= 15 is 0 Å². The fraction of sp³-hybridized carbons (Fsp3) is 1.00. The van der Waals surface area contributed by atoms with E-state index in [2.05, 4.69) is 46.1 Å². The first-order valence-corrected chi connectivity index (χ1v) is 8.47. The van der Waals surface area contributed by atoms with Gasteiger partial charge >= 0.3 is 0 Å². The molecule has 0 radical (unpaired) electrons. The lowest BCUT2D eigenvalue weighted by molar-refractivity contribution is 0.200. The molecule has 0 spiro atoms. The lowest BCUT2D eigenvalue weighted by atomic mass is 10.2. The Morgan fingerprint density at radius 3 is 2.21 bits per heavy atom. The fourth-order valence-corrected chi connectivity index (χ4v) is 2.86. The van der Waals surface area contributed by atoms with Crippen molar-refractivity contribution in [1.29, 1.82) is 0 Å². The molecule has 0 aromatic heterocycles. The highest BCUT2D eigenvalue weighted by atomic mass is 28.4. The molecule has 0 N–H and O–H groups in total. The molecule has 2 nitrogen and oxygen atoms in total. The lowest BCUT2D eigenvalue weighted by Gasteiger charge is -2.39. The average Bonchev–Trinajstić information content (AvgIpc) is 2.31. The van der Waals surface area contributed by atoms with E-state index < -0.39 is 8.32 Å². The summed E-state index contributed by atoms with van der Waals surface area (Å²) in [4.78, 5) is 0. The predicted octanol–water partition coefficient (Wildman–Crippen LogP) is 3.54. The van der Waals surface area contributed by atoms with E-state index in [1.807, 2.05) is 0 Å². The van der Waals surface area contributed by atoms with Gasteiger partial charge < -0.3 is 9.74 Å². The average molecular weight is 214 g/mol. The topological polar surface area (TPSA) is 23.3 Å². The van der Waals surface area contributed by atoms with E-state index in [1.165, 1.54) is 0 Å². The van der Waals surface area contributed by atoms with Crippen LogP contribution in [0.2, 0.25) is 18.1 Å². The summed E-state index contributed by atoms with van der Waals surface area (Å²) >= 11 is 0. The van der Waals surface area contributed by atoms with Crippen molar-refractivity contribution < 1.29 is 4.43 Å². The maximum Gasteiger partial charge on any atom is 0.192 e. The van der Waals surface area contributed by atoms with Crippen molar-refractivity contribution in [3.05, 3.63) is 5.32 Å². The Labute approximate surface area is 89.6 Å². The van der Waals surface area contributed by atoms with Crippen molar-refractivity contribution in [1.82, 2.24) is 0 Å². The van der Waals surface area contributed by atoms with Crippen LogP contribution in [0.5, 0.6) is 0 Å². The smallest absolute Gasteiger partial charge is 0.192 e. The quantitative estimate of drug-likeness (QED) is 0.645. The zero-order chi connectivity index (χ0) is 11.0. The molecule has 1 rings (SSSR count). The van der Waals surface area contributed by atoms with Gasteiger partial charge in [0.1, 0.15) is 0 Å². The van der Waals surface area contributed by atoms with Crippen LogP contribution in [-0.4, -0.2) is 27.0 Å². The summed E-state index contributed by atoms with van der Waals surface area (Å²) in [5.41, 5.74) is 0. The monoisotopic (exact) mass is 214 g/mol. The van der Waals surface area contributed by atoms with Gasteiger partial charge in [-0.05, 0) is 24.6 Å². The Kier molecular flexibility index (Phi) is 3.44. The van der Waals surface area contributed by atoms with E-state index in [9.17, 15) is 0 Å². The highest BCUT2D eigenvalue weighted by molar-refractivity contribution is 6.74. The number of hydrogen-bond donors (Lipinski definition) is 0. The molecule has 1 saturated heterocycles. The highest BCUT2D eigenvalue weighted by Gasteiger charge is 2.38. The van der Waals surface area contributed by atoms with Crippen molar-refractivity contribution in [3.8, 4) is 0 Å². The molecule has 1 heterocycles. The number of rotatable bonds is 2. The normalized spacial score (nSPS) is 29.6. The largest absolute Gasteiger partial charge is 0.658 e. The molecular formula is C11H24NOSi-. The van der Waals surface area contributed by atoms with Gasteiger partial charge in [0.2, 0.25) is 0 Å². The summed E-state index contributed by atoms with van der Waals surface area (Å²) in [5.74, 6) is 0. The van der Waals surface area contributed by atoms with Crippen molar-refractivity contribution in [2.45, 2.75) is 64.4 Å². The summed E-state index contributed by atoms with van der Waals surface area (Å²) in [5, 5.41) is 4.80. The molecule has 0 aliphatic carbocycles. The summed E-state index contributed by atoms with van der Waals surface area (Å²) in [7, 11) is -1.56. The van der Waals surface area contributed by atoms with Gasteiger partial charge in [0.15, 0.2) is 8.32 Å². The summed E-state index contributed by atoms with van der Waals surface area (Å²) < 4.78 is 6.28. The zero-order valence-corrected chi connectivity index (χ0v) is 11.4. The molecular weight excluding hydrogens is 190 g/mol.